The maximum atomic E-state index is 5.23. The largest absolute Gasteiger partial charge is 0.384 e. The zero-order valence-electron chi connectivity index (χ0n) is 9.18. The second kappa shape index (κ2) is 5.55. The summed E-state index contributed by atoms with van der Waals surface area (Å²) < 4.78 is 5.23. The van der Waals surface area contributed by atoms with E-state index in [1.807, 2.05) is 0 Å². The normalized spacial score (nSPS) is 16.5. The molecule has 0 N–H and O–H groups in total. The van der Waals surface area contributed by atoms with E-state index in [0.717, 1.165) is 13.2 Å². The smallest absolute Gasteiger partial charge is 0.0528 e. The van der Waals surface area contributed by atoms with Crippen molar-refractivity contribution in [1.29, 1.82) is 0 Å². The number of nitrogens with zero attached hydrogens (tertiary/aromatic N) is 1. The van der Waals surface area contributed by atoms with Crippen LogP contribution in [0.3, 0.4) is 0 Å². The summed E-state index contributed by atoms with van der Waals surface area (Å²) >= 11 is 0. The fourth-order valence-electron chi connectivity index (χ4n) is 1.91. The van der Waals surface area contributed by atoms with E-state index in [9.17, 15) is 0 Å². The fourth-order valence-corrected chi connectivity index (χ4v) is 1.91. The highest BCUT2D eigenvalue weighted by molar-refractivity contribution is 4.75. The van der Waals surface area contributed by atoms with Gasteiger partial charge in [-0.3, -0.25) is 0 Å². The summed E-state index contributed by atoms with van der Waals surface area (Å²) in [6.45, 7) is 6.48. The number of rotatable bonds is 6. The van der Waals surface area contributed by atoms with Gasteiger partial charge in [0, 0.05) is 19.1 Å². The van der Waals surface area contributed by atoms with Crippen LogP contribution in [0, 0.1) is 5.41 Å². The Hall–Kier alpha value is -0.0800. The van der Waals surface area contributed by atoms with Gasteiger partial charge in [0.1, 0.15) is 0 Å². The van der Waals surface area contributed by atoms with Gasteiger partial charge in [-0.1, -0.05) is 20.3 Å². The summed E-state index contributed by atoms with van der Waals surface area (Å²) in [6.07, 6.45) is 2.46. The maximum Gasteiger partial charge on any atom is 0.0528 e. The van der Waals surface area contributed by atoms with E-state index in [-0.39, 0.29) is 0 Å². The Kier molecular flexibility index (Phi) is 5.51. The molecule has 0 aliphatic rings. The van der Waals surface area contributed by atoms with Gasteiger partial charge in [-0.15, -0.1) is 0 Å². The molecule has 0 aromatic rings. The Morgan fingerprint density at radius 3 is 2.25 bits per heavy atom. The molecule has 1 unspecified atom stereocenters. The van der Waals surface area contributed by atoms with Crippen LogP contribution in [0.15, 0.2) is 0 Å². The Morgan fingerprint density at radius 2 is 1.92 bits per heavy atom. The molecule has 0 aliphatic heterocycles. The van der Waals surface area contributed by atoms with Crippen LogP contribution >= 0.6 is 0 Å². The van der Waals surface area contributed by atoms with Gasteiger partial charge in [0.2, 0.25) is 0 Å². The molecular weight excluding hydrogens is 150 g/mol. The molecular formula is C10H23NO. The van der Waals surface area contributed by atoms with E-state index in [1.54, 1.807) is 7.11 Å². The highest BCUT2D eigenvalue weighted by atomic mass is 16.5. The molecule has 0 saturated carbocycles. The van der Waals surface area contributed by atoms with Gasteiger partial charge in [-0.25, -0.2) is 0 Å². The zero-order chi connectivity index (χ0) is 9.61. The van der Waals surface area contributed by atoms with E-state index in [0.29, 0.717) is 5.41 Å². The molecule has 0 saturated heterocycles. The molecule has 2 heteroatoms. The van der Waals surface area contributed by atoms with Crippen LogP contribution in [0.25, 0.3) is 0 Å². The SMILES string of the molecule is CCCC(C)(COC)CN(C)C. The first kappa shape index (κ1) is 11.9. The average Bonchev–Trinajstić information content (AvgIpc) is 1.85. The lowest BCUT2D eigenvalue weighted by Crippen LogP contribution is -2.34. The van der Waals surface area contributed by atoms with Crippen molar-refractivity contribution in [3.63, 3.8) is 0 Å². The first-order valence-electron chi connectivity index (χ1n) is 4.68. The fraction of sp³-hybridized carbons (Fsp3) is 1.00. The molecule has 74 valence electrons. The van der Waals surface area contributed by atoms with Crippen molar-refractivity contribution in [3.05, 3.63) is 0 Å². The van der Waals surface area contributed by atoms with E-state index >= 15 is 0 Å². The van der Waals surface area contributed by atoms with Gasteiger partial charge in [0.25, 0.3) is 0 Å². The minimum atomic E-state index is 0.326. The third-order valence-corrected chi connectivity index (χ3v) is 2.04. The van der Waals surface area contributed by atoms with Crippen LogP contribution in [0.2, 0.25) is 0 Å². The van der Waals surface area contributed by atoms with Crippen molar-refractivity contribution >= 4 is 0 Å². The van der Waals surface area contributed by atoms with Crippen LogP contribution < -0.4 is 0 Å². The molecule has 0 aromatic carbocycles. The summed E-state index contributed by atoms with van der Waals surface area (Å²) in [5, 5.41) is 0. The van der Waals surface area contributed by atoms with E-state index in [4.69, 9.17) is 4.74 Å². The van der Waals surface area contributed by atoms with Crippen molar-refractivity contribution in [2.45, 2.75) is 26.7 Å². The predicted octanol–water partition coefficient (Wildman–Crippen LogP) is 2.00. The van der Waals surface area contributed by atoms with Crippen LogP contribution in [-0.4, -0.2) is 39.3 Å². The standard InChI is InChI=1S/C10H23NO/c1-6-7-10(2,9-12-5)8-11(3)4/h6-9H2,1-5H3. The van der Waals surface area contributed by atoms with Gasteiger partial charge < -0.3 is 9.64 Å². The molecule has 0 heterocycles. The van der Waals surface area contributed by atoms with Crippen LogP contribution in [0.5, 0.6) is 0 Å². The number of hydrogen-bond donors (Lipinski definition) is 0. The molecule has 0 amide bonds. The molecule has 0 aliphatic carbocycles. The molecule has 0 bridgehead atoms. The van der Waals surface area contributed by atoms with Gasteiger partial charge in [0.05, 0.1) is 6.61 Å². The summed E-state index contributed by atoms with van der Waals surface area (Å²) in [7, 11) is 6.01. The van der Waals surface area contributed by atoms with E-state index in [2.05, 4.69) is 32.8 Å². The Morgan fingerprint density at radius 1 is 1.33 bits per heavy atom. The summed E-state index contributed by atoms with van der Waals surface area (Å²) in [5.74, 6) is 0. The quantitative estimate of drug-likeness (QED) is 0.609. The van der Waals surface area contributed by atoms with Crippen molar-refractivity contribution in [2.75, 3.05) is 34.4 Å². The van der Waals surface area contributed by atoms with Gasteiger partial charge in [-0.2, -0.15) is 0 Å². The Labute approximate surface area is 76.9 Å². The van der Waals surface area contributed by atoms with Crippen LogP contribution in [0.4, 0.5) is 0 Å². The van der Waals surface area contributed by atoms with Crippen molar-refractivity contribution < 1.29 is 4.74 Å². The summed E-state index contributed by atoms with van der Waals surface area (Å²) in [5.41, 5.74) is 0.326. The third kappa shape index (κ3) is 4.73. The van der Waals surface area contributed by atoms with Crippen LogP contribution in [0.1, 0.15) is 26.7 Å². The average molecular weight is 173 g/mol. The Balaban J connectivity index is 3.98. The second-order valence-corrected chi connectivity index (χ2v) is 4.23. The second-order valence-electron chi connectivity index (χ2n) is 4.23. The molecule has 12 heavy (non-hydrogen) atoms. The predicted molar refractivity (Wildman–Crippen MR) is 53.4 cm³/mol. The van der Waals surface area contributed by atoms with Crippen molar-refractivity contribution in [1.82, 2.24) is 4.90 Å². The first-order chi connectivity index (χ1) is 5.54. The van der Waals surface area contributed by atoms with Crippen molar-refractivity contribution in [3.8, 4) is 0 Å². The minimum absolute atomic E-state index is 0.326. The number of methoxy groups -OCH3 is 1. The Bertz CT molecular complexity index is 106. The molecule has 2 nitrogen and oxygen atoms in total. The molecule has 0 fully saturated rings. The topological polar surface area (TPSA) is 12.5 Å². The summed E-state index contributed by atoms with van der Waals surface area (Å²) in [6, 6.07) is 0. The summed E-state index contributed by atoms with van der Waals surface area (Å²) in [4.78, 5) is 2.23. The first-order valence-corrected chi connectivity index (χ1v) is 4.68. The number of hydrogen-bond acceptors (Lipinski definition) is 2. The molecule has 0 radical (unpaired) electrons. The maximum absolute atomic E-state index is 5.23. The van der Waals surface area contributed by atoms with Gasteiger partial charge in [0.15, 0.2) is 0 Å². The van der Waals surface area contributed by atoms with Gasteiger partial charge >= 0.3 is 0 Å². The highest BCUT2D eigenvalue weighted by Gasteiger charge is 2.23. The lowest BCUT2D eigenvalue weighted by molar-refractivity contribution is 0.0635. The van der Waals surface area contributed by atoms with E-state index in [1.165, 1.54) is 12.8 Å². The molecule has 0 rings (SSSR count). The zero-order valence-corrected chi connectivity index (χ0v) is 9.18. The highest BCUT2D eigenvalue weighted by Crippen LogP contribution is 2.23. The van der Waals surface area contributed by atoms with Crippen molar-refractivity contribution in [2.24, 2.45) is 5.41 Å². The lowest BCUT2D eigenvalue weighted by Gasteiger charge is -2.31. The molecule has 0 aromatic heterocycles. The lowest BCUT2D eigenvalue weighted by atomic mass is 9.86. The minimum Gasteiger partial charge on any atom is -0.384 e. The van der Waals surface area contributed by atoms with Crippen LogP contribution in [-0.2, 0) is 4.74 Å². The third-order valence-electron chi connectivity index (χ3n) is 2.04. The number of ether oxygens (including phenoxy) is 1. The monoisotopic (exact) mass is 173 g/mol. The molecule has 0 spiro atoms. The van der Waals surface area contributed by atoms with Gasteiger partial charge in [-0.05, 0) is 20.5 Å². The molecule has 1 atom stereocenters. The van der Waals surface area contributed by atoms with E-state index < -0.39 is 0 Å².